The Bertz CT molecular complexity index is 458. The van der Waals surface area contributed by atoms with Crippen LogP contribution in [-0.4, -0.2) is 31.7 Å². The van der Waals surface area contributed by atoms with Gasteiger partial charge in [0.2, 0.25) is 0 Å². The number of hydrogen-bond acceptors (Lipinski definition) is 3. The van der Waals surface area contributed by atoms with Crippen LogP contribution >= 0.6 is 0 Å². The van der Waals surface area contributed by atoms with Crippen LogP contribution in [0.2, 0.25) is 0 Å². The van der Waals surface area contributed by atoms with Gasteiger partial charge in [-0.1, -0.05) is 25.1 Å². The summed E-state index contributed by atoms with van der Waals surface area (Å²) >= 11 is 0. The van der Waals surface area contributed by atoms with Crippen molar-refractivity contribution in [2.45, 2.75) is 26.3 Å². The second-order valence-electron chi connectivity index (χ2n) is 5.82. The molecule has 108 valence electrons. The number of rotatable bonds is 5. The number of piperidine rings is 1. The van der Waals surface area contributed by atoms with Crippen LogP contribution in [0.5, 0.6) is 0 Å². The average molecular weight is 272 g/mol. The Morgan fingerprint density at radius 1 is 1.35 bits per heavy atom. The van der Waals surface area contributed by atoms with E-state index in [0.717, 1.165) is 43.3 Å². The van der Waals surface area contributed by atoms with Crippen LogP contribution in [0.4, 0.5) is 0 Å². The van der Waals surface area contributed by atoms with Crippen molar-refractivity contribution in [3.8, 4) is 6.07 Å². The van der Waals surface area contributed by atoms with E-state index < -0.39 is 0 Å². The summed E-state index contributed by atoms with van der Waals surface area (Å²) in [5.74, 6) is 1.42. The van der Waals surface area contributed by atoms with Gasteiger partial charge in [-0.2, -0.15) is 5.26 Å². The summed E-state index contributed by atoms with van der Waals surface area (Å²) < 4.78 is 5.26. The fraction of sp³-hybridized carbons (Fsp3) is 0.588. The van der Waals surface area contributed by atoms with Gasteiger partial charge in [-0.25, -0.2) is 0 Å². The molecule has 1 aromatic rings. The van der Waals surface area contributed by atoms with E-state index in [1.807, 2.05) is 18.2 Å². The molecule has 0 saturated carbocycles. The molecule has 1 fully saturated rings. The highest BCUT2D eigenvalue weighted by Gasteiger charge is 2.24. The van der Waals surface area contributed by atoms with Gasteiger partial charge in [0.05, 0.1) is 11.6 Å². The zero-order valence-corrected chi connectivity index (χ0v) is 12.5. The molecule has 3 nitrogen and oxygen atoms in total. The molecule has 1 aliphatic heterocycles. The highest BCUT2D eigenvalue weighted by Crippen LogP contribution is 2.26. The molecule has 1 aliphatic rings. The highest BCUT2D eigenvalue weighted by molar-refractivity contribution is 5.37. The lowest BCUT2D eigenvalue weighted by Gasteiger charge is -2.34. The molecule has 0 aromatic heterocycles. The molecule has 2 rings (SSSR count). The maximum absolute atomic E-state index is 9.14. The largest absolute Gasteiger partial charge is 0.384 e. The zero-order valence-electron chi connectivity index (χ0n) is 12.5. The quantitative estimate of drug-likeness (QED) is 0.826. The summed E-state index contributed by atoms with van der Waals surface area (Å²) in [6.07, 6.45) is 2.47. The first kappa shape index (κ1) is 15.0. The summed E-state index contributed by atoms with van der Waals surface area (Å²) in [6, 6.07) is 10.2. The molecule has 1 heterocycles. The first-order valence-electron chi connectivity index (χ1n) is 7.44. The van der Waals surface area contributed by atoms with E-state index >= 15 is 0 Å². The summed E-state index contributed by atoms with van der Waals surface area (Å²) in [5, 5.41) is 9.14. The van der Waals surface area contributed by atoms with Crippen molar-refractivity contribution in [2.75, 3.05) is 26.8 Å². The molecule has 0 bridgehead atoms. The van der Waals surface area contributed by atoms with Gasteiger partial charge in [-0.3, -0.25) is 4.90 Å². The Balaban J connectivity index is 1.87. The van der Waals surface area contributed by atoms with Crippen LogP contribution in [0.15, 0.2) is 24.3 Å². The van der Waals surface area contributed by atoms with E-state index in [1.165, 1.54) is 12.8 Å². The van der Waals surface area contributed by atoms with Crippen LogP contribution in [0.3, 0.4) is 0 Å². The predicted molar refractivity (Wildman–Crippen MR) is 80.2 cm³/mol. The first-order chi connectivity index (χ1) is 9.74. The van der Waals surface area contributed by atoms with Gasteiger partial charge in [0, 0.05) is 20.3 Å². The van der Waals surface area contributed by atoms with E-state index in [1.54, 1.807) is 7.11 Å². The monoisotopic (exact) mass is 272 g/mol. The minimum atomic E-state index is 0.647. The molecule has 0 aliphatic carbocycles. The van der Waals surface area contributed by atoms with Gasteiger partial charge in [-0.15, -0.1) is 0 Å². The van der Waals surface area contributed by atoms with E-state index in [4.69, 9.17) is 10.00 Å². The third-order valence-corrected chi connectivity index (χ3v) is 4.40. The lowest BCUT2D eigenvalue weighted by atomic mass is 9.86. The Labute approximate surface area is 122 Å². The lowest BCUT2D eigenvalue weighted by molar-refractivity contribution is 0.0879. The smallest absolute Gasteiger partial charge is 0.0995 e. The minimum Gasteiger partial charge on any atom is -0.384 e. The molecule has 3 heteroatoms. The molecule has 1 aromatic carbocycles. The molecule has 20 heavy (non-hydrogen) atoms. The maximum Gasteiger partial charge on any atom is 0.0995 e. The lowest BCUT2D eigenvalue weighted by Crippen LogP contribution is -2.36. The average Bonchev–Trinajstić information content (AvgIpc) is 2.49. The van der Waals surface area contributed by atoms with E-state index in [2.05, 4.69) is 24.0 Å². The maximum atomic E-state index is 9.14. The van der Waals surface area contributed by atoms with Crippen molar-refractivity contribution in [1.29, 1.82) is 5.26 Å². The number of nitrogens with zero attached hydrogens (tertiary/aromatic N) is 2. The summed E-state index contributed by atoms with van der Waals surface area (Å²) in [7, 11) is 1.78. The standard InChI is InChI=1S/C17H24N2O/c1-14(13-20-2)15-7-9-19(10-8-15)12-17-6-4-3-5-16(17)11-18/h3-6,14-15H,7-10,12-13H2,1-2H3. The molecule has 0 radical (unpaired) electrons. The number of hydrogen-bond donors (Lipinski definition) is 0. The first-order valence-corrected chi connectivity index (χ1v) is 7.44. The van der Waals surface area contributed by atoms with Crippen molar-refractivity contribution in [1.82, 2.24) is 4.90 Å². The second-order valence-corrected chi connectivity index (χ2v) is 5.82. The number of ether oxygens (including phenoxy) is 1. The van der Waals surface area contributed by atoms with Crippen molar-refractivity contribution in [3.05, 3.63) is 35.4 Å². The molecule has 0 spiro atoms. The Morgan fingerprint density at radius 2 is 2.05 bits per heavy atom. The summed E-state index contributed by atoms with van der Waals surface area (Å²) in [5.41, 5.74) is 1.96. The van der Waals surface area contributed by atoms with Crippen molar-refractivity contribution in [2.24, 2.45) is 11.8 Å². The van der Waals surface area contributed by atoms with Gasteiger partial charge in [0.25, 0.3) is 0 Å². The van der Waals surface area contributed by atoms with Crippen molar-refractivity contribution in [3.63, 3.8) is 0 Å². The topological polar surface area (TPSA) is 36.3 Å². The minimum absolute atomic E-state index is 0.647. The molecular formula is C17H24N2O. The number of benzene rings is 1. The molecule has 1 atom stereocenters. The SMILES string of the molecule is COCC(C)C1CCN(Cc2ccccc2C#N)CC1. The van der Waals surface area contributed by atoms with Gasteiger partial charge >= 0.3 is 0 Å². The molecular weight excluding hydrogens is 248 g/mol. The number of nitriles is 1. The van der Waals surface area contributed by atoms with E-state index in [-0.39, 0.29) is 0 Å². The van der Waals surface area contributed by atoms with Crippen LogP contribution in [0.25, 0.3) is 0 Å². The van der Waals surface area contributed by atoms with Crippen LogP contribution in [-0.2, 0) is 11.3 Å². The Hall–Kier alpha value is -1.37. The van der Waals surface area contributed by atoms with Gasteiger partial charge in [0.1, 0.15) is 0 Å². The van der Waals surface area contributed by atoms with Gasteiger partial charge < -0.3 is 4.74 Å². The van der Waals surface area contributed by atoms with Crippen LogP contribution in [0, 0.1) is 23.2 Å². The molecule has 1 saturated heterocycles. The van der Waals surface area contributed by atoms with Gasteiger partial charge in [0.15, 0.2) is 0 Å². The van der Waals surface area contributed by atoms with E-state index in [0.29, 0.717) is 5.92 Å². The number of methoxy groups -OCH3 is 1. The highest BCUT2D eigenvalue weighted by atomic mass is 16.5. The normalized spacial score (nSPS) is 18.6. The second kappa shape index (κ2) is 7.42. The van der Waals surface area contributed by atoms with E-state index in [9.17, 15) is 0 Å². The predicted octanol–water partition coefficient (Wildman–Crippen LogP) is 3.05. The molecule has 1 unspecified atom stereocenters. The molecule has 0 amide bonds. The van der Waals surface area contributed by atoms with Crippen molar-refractivity contribution >= 4 is 0 Å². The fourth-order valence-corrected chi connectivity index (χ4v) is 3.09. The number of likely N-dealkylation sites (tertiary alicyclic amines) is 1. The summed E-state index contributed by atoms with van der Waals surface area (Å²) in [6.45, 7) is 6.29. The van der Waals surface area contributed by atoms with Gasteiger partial charge in [-0.05, 0) is 49.4 Å². The zero-order chi connectivity index (χ0) is 14.4. The third-order valence-electron chi connectivity index (χ3n) is 4.40. The third kappa shape index (κ3) is 3.82. The summed E-state index contributed by atoms with van der Waals surface area (Å²) in [4.78, 5) is 2.46. The fourth-order valence-electron chi connectivity index (χ4n) is 3.09. The Morgan fingerprint density at radius 3 is 2.70 bits per heavy atom. The van der Waals surface area contributed by atoms with Crippen LogP contribution in [0.1, 0.15) is 30.9 Å². The Kier molecular flexibility index (Phi) is 5.58. The van der Waals surface area contributed by atoms with Crippen LogP contribution < -0.4 is 0 Å². The molecule has 0 N–H and O–H groups in total. The van der Waals surface area contributed by atoms with Crippen molar-refractivity contribution < 1.29 is 4.74 Å².